The molecule has 2 aromatic heterocycles. The van der Waals surface area contributed by atoms with E-state index in [1.54, 1.807) is 6.07 Å². The van der Waals surface area contributed by atoms with Gasteiger partial charge in [-0.25, -0.2) is 4.68 Å². The number of carbonyl (C=O) groups excluding carboxylic acids is 1. The minimum atomic E-state index is -0.363. The van der Waals surface area contributed by atoms with Crippen molar-refractivity contribution in [1.29, 1.82) is 0 Å². The molecule has 0 aliphatic heterocycles. The number of aryl methyl sites for hydroxylation is 2. The van der Waals surface area contributed by atoms with E-state index in [9.17, 15) is 9.59 Å². The fourth-order valence-corrected chi connectivity index (χ4v) is 3.02. The van der Waals surface area contributed by atoms with Crippen LogP contribution in [0.1, 0.15) is 50.2 Å². The van der Waals surface area contributed by atoms with E-state index in [1.807, 2.05) is 0 Å². The maximum Gasteiger partial charge on any atom is 0.267 e. The van der Waals surface area contributed by atoms with Crippen LogP contribution in [0.4, 0.5) is 5.95 Å². The van der Waals surface area contributed by atoms with E-state index in [-0.39, 0.29) is 24.0 Å². The largest absolute Gasteiger partial charge is 0.292 e. The number of hydrogen-bond acceptors (Lipinski definition) is 5. The van der Waals surface area contributed by atoms with Gasteiger partial charge in [-0.2, -0.15) is 10.1 Å². The van der Waals surface area contributed by atoms with Gasteiger partial charge in [-0.15, -0.1) is 5.10 Å². The van der Waals surface area contributed by atoms with E-state index < -0.39 is 0 Å². The third-order valence-corrected chi connectivity index (χ3v) is 4.20. The Balaban J connectivity index is 1.67. The second-order valence-corrected chi connectivity index (χ2v) is 6.92. The number of hydrogen-bond donors (Lipinski definition) is 2. The summed E-state index contributed by atoms with van der Waals surface area (Å²) >= 11 is 0. The van der Waals surface area contributed by atoms with Gasteiger partial charge in [0.1, 0.15) is 12.4 Å². The number of nitrogens with one attached hydrogen (secondary N) is 2. The number of aromatic amines is 1. The van der Waals surface area contributed by atoms with Gasteiger partial charge in [-0.3, -0.25) is 20.0 Å². The van der Waals surface area contributed by atoms with Crippen molar-refractivity contribution in [1.82, 2.24) is 25.0 Å². The van der Waals surface area contributed by atoms with Crippen molar-refractivity contribution < 1.29 is 4.79 Å². The number of nitrogens with zero attached hydrogens (tertiary/aromatic N) is 4. The Hall–Kier alpha value is -2.51. The van der Waals surface area contributed by atoms with Gasteiger partial charge in [0.2, 0.25) is 11.9 Å². The molecule has 1 amide bonds. The van der Waals surface area contributed by atoms with E-state index in [0.29, 0.717) is 5.92 Å². The lowest BCUT2D eigenvalue weighted by Crippen LogP contribution is -2.31. The van der Waals surface area contributed by atoms with Gasteiger partial charge >= 0.3 is 0 Å². The number of carbonyl (C=O) groups is 1. The quantitative estimate of drug-likeness (QED) is 0.799. The average molecular weight is 344 g/mol. The Morgan fingerprint density at radius 2 is 2.12 bits per heavy atom. The third-order valence-electron chi connectivity index (χ3n) is 4.20. The first-order valence-corrected chi connectivity index (χ1v) is 8.82. The maximum absolute atomic E-state index is 12.2. The van der Waals surface area contributed by atoms with Crippen LogP contribution in [0.5, 0.6) is 0 Å². The van der Waals surface area contributed by atoms with Crippen molar-refractivity contribution >= 4 is 11.9 Å². The van der Waals surface area contributed by atoms with E-state index >= 15 is 0 Å². The Morgan fingerprint density at radius 3 is 2.92 bits per heavy atom. The number of H-pyrrole nitrogens is 1. The van der Waals surface area contributed by atoms with Crippen LogP contribution in [0.3, 0.4) is 0 Å². The molecule has 8 heteroatoms. The highest BCUT2D eigenvalue weighted by Crippen LogP contribution is 2.16. The van der Waals surface area contributed by atoms with Crippen LogP contribution in [-0.2, 0) is 30.6 Å². The summed E-state index contributed by atoms with van der Waals surface area (Å²) in [4.78, 5) is 28.6. The predicted octanol–water partition coefficient (Wildman–Crippen LogP) is 1.47. The summed E-state index contributed by atoms with van der Waals surface area (Å²) in [6.45, 7) is 4.02. The molecule has 0 saturated carbocycles. The molecule has 0 spiro atoms. The standard InChI is InChI=1S/C17H24N6O2/c1-11(2)8-14-18-17(21-20-14)19-15(24)10-23-16(25)9-12-6-4-3-5-7-13(12)22-23/h9,11H,3-8,10H2,1-2H3,(H2,18,19,20,21,24). The molecule has 1 aliphatic rings. The molecule has 2 heterocycles. The van der Waals surface area contributed by atoms with Crippen LogP contribution < -0.4 is 10.9 Å². The maximum atomic E-state index is 12.2. The highest BCUT2D eigenvalue weighted by atomic mass is 16.2. The summed E-state index contributed by atoms with van der Waals surface area (Å²) in [5.41, 5.74) is 1.71. The van der Waals surface area contributed by atoms with Gasteiger partial charge in [0.15, 0.2) is 0 Å². The summed E-state index contributed by atoms with van der Waals surface area (Å²) < 4.78 is 1.22. The van der Waals surface area contributed by atoms with Gasteiger partial charge in [0.05, 0.1) is 5.69 Å². The summed E-state index contributed by atoms with van der Waals surface area (Å²) in [7, 11) is 0. The Bertz CT molecular complexity index is 808. The Labute approximate surface area is 146 Å². The van der Waals surface area contributed by atoms with E-state index in [1.165, 1.54) is 4.68 Å². The molecule has 0 saturated heterocycles. The van der Waals surface area contributed by atoms with E-state index in [2.05, 4.69) is 39.4 Å². The van der Waals surface area contributed by atoms with Crippen LogP contribution in [0, 0.1) is 5.92 Å². The van der Waals surface area contributed by atoms with Crippen molar-refractivity contribution in [2.24, 2.45) is 5.92 Å². The molecule has 1 aliphatic carbocycles. The van der Waals surface area contributed by atoms with Crippen molar-refractivity contribution in [2.75, 3.05) is 5.32 Å². The summed E-state index contributed by atoms with van der Waals surface area (Å²) in [6, 6.07) is 1.62. The zero-order chi connectivity index (χ0) is 17.8. The van der Waals surface area contributed by atoms with Gasteiger partial charge in [-0.05, 0) is 37.2 Å². The number of aromatic nitrogens is 5. The fourth-order valence-electron chi connectivity index (χ4n) is 3.02. The van der Waals surface area contributed by atoms with Gasteiger partial charge in [0, 0.05) is 12.5 Å². The molecule has 134 valence electrons. The molecule has 25 heavy (non-hydrogen) atoms. The highest BCUT2D eigenvalue weighted by molar-refractivity contribution is 5.88. The lowest BCUT2D eigenvalue weighted by atomic mass is 10.1. The topological polar surface area (TPSA) is 106 Å². The zero-order valence-corrected chi connectivity index (χ0v) is 14.7. The SMILES string of the molecule is CC(C)Cc1nc(NC(=O)Cn2nc3c(cc2=O)CCCCC3)n[nH]1. The molecule has 2 aromatic rings. The molecule has 0 unspecified atom stereocenters. The molecule has 0 atom stereocenters. The van der Waals surface area contributed by atoms with E-state index in [4.69, 9.17) is 0 Å². The third kappa shape index (κ3) is 4.52. The smallest absolute Gasteiger partial charge is 0.267 e. The molecular weight excluding hydrogens is 320 g/mol. The van der Waals surface area contributed by atoms with Gasteiger partial charge in [-0.1, -0.05) is 20.3 Å². The van der Waals surface area contributed by atoms with Crippen LogP contribution >= 0.6 is 0 Å². The number of amides is 1. The zero-order valence-electron chi connectivity index (χ0n) is 14.7. The molecule has 3 rings (SSSR count). The summed E-state index contributed by atoms with van der Waals surface area (Å²) in [5.74, 6) is 1.03. The molecule has 2 N–H and O–H groups in total. The molecular formula is C17H24N6O2. The van der Waals surface area contributed by atoms with Gasteiger partial charge in [0.25, 0.3) is 5.56 Å². The number of fused-ring (bicyclic) bond motifs is 1. The Kier molecular flexibility index (Phi) is 5.25. The number of anilines is 1. The lowest BCUT2D eigenvalue weighted by molar-refractivity contribution is -0.117. The predicted molar refractivity (Wildman–Crippen MR) is 93.3 cm³/mol. The second kappa shape index (κ2) is 7.58. The van der Waals surface area contributed by atoms with Gasteiger partial charge < -0.3 is 0 Å². The van der Waals surface area contributed by atoms with Crippen LogP contribution in [0.2, 0.25) is 0 Å². The van der Waals surface area contributed by atoms with Crippen LogP contribution in [0.25, 0.3) is 0 Å². The molecule has 0 aromatic carbocycles. The van der Waals surface area contributed by atoms with Crippen molar-refractivity contribution in [3.05, 3.63) is 33.5 Å². The molecule has 0 fully saturated rings. The first-order valence-electron chi connectivity index (χ1n) is 8.82. The van der Waals surface area contributed by atoms with Crippen LogP contribution in [-0.4, -0.2) is 30.9 Å². The summed E-state index contributed by atoms with van der Waals surface area (Å²) in [6.07, 6.45) is 5.81. The van der Waals surface area contributed by atoms with Crippen molar-refractivity contribution in [3.8, 4) is 0 Å². The monoisotopic (exact) mass is 344 g/mol. The first kappa shape index (κ1) is 17.3. The minimum absolute atomic E-state index is 0.139. The van der Waals surface area contributed by atoms with Crippen LogP contribution in [0.15, 0.2) is 10.9 Å². The minimum Gasteiger partial charge on any atom is -0.292 e. The summed E-state index contributed by atoms with van der Waals surface area (Å²) in [5, 5.41) is 13.8. The van der Waals surface area contributed by atoms with E-state index in [0.717, 1.165) is 55.6 Å². The van der Waals surface area contributed by atoms with Crippen molar-refractivity contribution in [3.63, 3.8) is 0 Å². The normalized spacial score (nSPS) is 14.2. The Morgan fingerprint density at radius 1 is 1.32 bits per heavy atom. The second-order valence-electron chi connectivity index (χ2n) is 6.92. The number of rotatable bonds is 5. The fraction of sp³-hybridized carbons (Fsp3) is 0.588. The average Bonchev–Trinajstić information content (AvgIpc) is 2.83. The molecule has 0 radical (unpaired) electrons. The van der Waals surface area contributed by atoms with Crippen molar-refractivity contribution in [2.45, 2.75) is 58.9 Å². The lowest BCUT2D eigenvalue weighted by Gasteiger charge is -2.09. The first-order chi connectivity index (χ1) is 12.0. The molecule has 8 nitrogen and oxygen atoms in total. The highest BCUT2D eigenvalue weighted by Gasteiger charge is 2.15. The molecule has 0 bridgehead atoms.